The number of nitrogens with one attached hydrogen (secondary N) is 1. The van der Waals surface area contributed by atoms with E-state index in [1.165, 1.54) is 29.2 Å². The lowest BCUT2D eigenvalue weighted by molar-refractivity contribution is -0.384. The van der Waals surface area contributed by atoms with E-state index in [-0.39, 0.29) is 10.6 Å². The van der Waals surface area contributed by atoms with Crippen LogP contribution in [0.25, 0.3) is 0 Å². The topological polar surface area (TPSA) is 81.0 Å². The molecular formula is C11H12N4O2S2. The van der Waals surface area contributed by atoms with Crippen LogP contribution in [-0.4, -0.2) is 21.7 Å². The minimum absolute atomic E-state index is 0.106. The van der Waals surface area contributed by atoms with Gasteiger partial charge < -0.3 is 5.32 Å². The monoisotopic (exact) mass is 296 g/mol. The molecule has 0 saturated heterocycles. The van der Waals surface area contributed by atoms with Crippen molar-refractivity contribution in [1.82, 2.24) is 10.2 Å². The van der Waals surface area contributed by atoms with Gasteiger partial charge in [0.25, 0.3) is 5.69 Å². The molecule has 0 bridgehead atoms. The molecule has 19 heavy (non-hydrogen) atoms. The minimum Gasteiger partial charge on any atom is -0.385 e. The molecule has 0 aliphatic rings. The molecule has 6 nitrogen and oxygen atoms in total. The van der Waals surface area contributed by atoms with E-state index in [0.717, 1.165) is 22.1 Å². The highest BCUT2D eigenvalue weighted by atomic mass is 32.2. The molecule has 0 atom stereocenters. The number of aromatic nitrogens is 2. The first kappa shape index (κ1) is 13.8. The predicted molar refractivity (Wildman–Crippen MR) is 76.7 cm³/mol. The summed E-state index contributed by atoms with van der Waals surface area (Å²) in [6.45, 7) is 2.76. The highest BCUT2D eigenvalue weighted by Gasteiger charge is 2.11. The Bertz CT molecular complexity index is 560. The summed E-state index contributed by atoms with van der Waals surface area (Å²) in [6.07, 6.45) is 0. The summed E-state index contributed by atoms with van der Waals surface area (Å²) in [5.74, 6) is 0.624. The molecule has 100 valence electrons. The van der Waals surface area contributed by atoms with E-state index in [1.807, 2.05) is 6.92 Å². The maximum absolute atomic E-state index is 10.8. The molecule has 0 aliphatic carbocycles. The summed E-state index contributed by atoms with van der Waals surface area (Å²) in [5, 5.41) is 21.7. The number of thioether (sulfide) groups is 1. The summed E-state index contributed by atoms with van der Waals surface area (Å²) in [6, 6.07) is 4.86. The van der Waals surface area contributed by atoms with Crippen molar-refractivity contribution >= 4 is 34.5 Å². The third-order valence-electron chi connectivity index (χ3n) is 2.36. The van der Waals surface area contributed by atoms with Gasteiger partial charge in [0, 0.05) is 30.1 Å². The van der Waals surface area contributed by atoms with Gasteiger partial charge in [-0.1, -0.05) is 23.1 Å². The minimum atomic E-state index is -0.380. The Balaban J connectivity index is 2.19. The number of anilines is 1. The summed E-state index contributed by atoms with van der Waals surface area (Å²) in [4.78, 5) is 10.4. The Morgan fingerprint density at radius 1 is 1.53 bits per heavy atom. The van der Waals surface area contributed by atoms with Crippen LogP contribution in [0.5, 0.6) is 0 Å². The fourth-order valence-electron chi connectivity index (χ4n) is 1.54. The van der Waals surface area contributed by atoms with Gasteiger partial charge in [-0.25, -0.2) is 0 Å². The van der Waals surface area contributed by atoms with Crippen molar-refractivity contribution in [3.05, 3.63) is 39.4 Å². The van der Waals surface area contributed by atoms with Crippen LogP contribution in [0, 0.1) is 10.1 Å². The Morgan fingerprint density at radius 3 is 3.00 bits per heavy atom. The number of benzene rings is 1. The highest BCUT2D eigenvalue weighted by Crippen LogP contribution is 2.29. The van der Waals surface area contributed by atoms with Crippen LogP contribution >= 0.6 is 23.1 Å². The van der Waals surface area contributed by atoms with Crippen molar-refractivity contribution in [2.75, 3.05) is 11.9 Å². The number of nitrogens with zero attached hydrogens (tertiary/aromatic N) is 3. The van der Waals surface area contributed by atoms with Crippen LogP contribution in [0.4, 0.5) is 11.4 Å². The molecule has 0 radical (unpaired) electrons. The molecule has 2 aromatic rings. The number of nitro benzene ring substituents is 1. The van der Waals surface area contributed by atoms with Crippen molar-refractivity contribution < 1.29 is 4.92 Å². The Hall–Kier alpha value is -1.67. The number of hydrogen-bond acceptors (Lipinski definition) is 7. The predicted octanol–water partition coefficient (Wildman–Crippen LogP) is 3.17. The van der Waals surface area contributed by atoms with Gasteiger partial charge in [0.15, 0.2) is 4.34 Å². The van der Waals surface area contributed by atoms with E-state index in [0.29, 0.717) is 5.75 Å². The second kappa shape index (κ2) is 6.48. The molecule has 8 heteroatoms. The summed E-state index contributed by atoms with van der Waals surface area (Å²) in [5.41, 5.74) is 3.59. The van der Waals surface area contributed by atoms with Crippen LogP contribution in [0.15, 0.2) is 28.0 Å². The average molecular weight is 296 g/mol. The Kier molecular flexibility index (Phi) is 4.69. The van der Waals surface area contributed by atoms with Crippen molar-refractivity contribution in [3.8, 4) is 0 Å². The van der Waals surface area contributed by atoms with Gasteiger partial charge in [-0.05, 0) is 18.6 Å². The van der Waals surface area contributed by atoms with Gasteiger partial charge in [0.05, 0.1) is 4.92 Å². The molecule has 0 amide bonds. The normalized spacial score (nSPS) is 10.4. The lowest BCUT2D eigenvalue weighted by Crippen LogP contribution is -2.01. The quantitative estimate of drug-likeness (QED) is 0.501. The number of nitro groups is 1. The van der Waals surface area contributed by atoms with Crippen LogP contribution < -0.4 is 5.32 Å². The molecule has 1 heterocycles. The second-order valence-corrected chi connectivity index (χ2v) is 5.68. The SMILES string of the molecule is CCNc1ccc([N+](=O)[O-])cc1CSc1nncs1. The molecule has 0 saturated carbocycles. The molecule has 0 unspecified atom stereocenters. The van der Waals surface area contributed by atoms with Crippen LogP contribution in [0.3, 0.4) is 0 Å². The third kappa shape index (κ3) is 3.65. The van der Waals surface area contributed by atoms with E-state index in [4.69, 9.17) is 0 Å². The summed E-state index contributed by atoms with van der Waals surface area (Å²) in [7, 11) is 0. The molecule has 1 N–H and O–H groups in total. The first-order chi connectivity index (χ1) is 9.20. The zero-order valence-electron chi connectivity index (χ0n) is 10.2. The lowest BCUT2D eigenvalue weighted by Gasteiger charge is -2.09. The number of non-ortho nitro benzene ring substituents is 1. The maximum Gasteiger partial charge on any atom is 0.269 e. The smallest absolute Gasteiger partial charge is 0.269 e. The van der Waals surface area contributed by atoms with Crippen molar-refractivity contribution in [2.45, 2.75) is 17.0 Å². The van der Waals surface area contributed by atoms with E-state index in [2.05, 4.69) is 15.5 Å². The van der Waals surface area contributed by atoms with Gasteiger partial charge in [0.2, 0.25) is 0 Å². The van der Waals surface area contributed by atoms with Gasteiger partial charge in [-0.2, -0.15) is 0 Å². The van der Waals surface area contributed by atoms with Crippen LogP contribution in [0.2, 0.25) is 0 Å². The van der Waals surface area contributed by atoms with Crippen LogP contribution in [-0.2, 0) is 5.75 Å². The lowest BCUT2D eigenvalue weighted by atomic mass is 10.2. The molecule has 2 rings (SSSR count). The van der Waals surface area contributed by atoms with Crippen molar-refractivity contribution in [2.24, 2.45) is 0 Å². The number of hydrogen-bond donors (Lipinski definition) is 1. The number of rotatable bonds is 6. The summed E-state index contributed by atoms with van der Waals surface area (Å²) < 4.78 is 0.856. The van der Waals surface area contributed by atoms with Gasteiger partial charge in [-0.3, -0.25) is 10.1 Å². The first-order valence-electron chi connectivity index (χ1n) is 5.61. The zero-order valence-corrected chi connectivity index (χ0v) is 11.8. The van der Waals surface area contributed by atoms with E-state index >= 15 is 0 Å². The fraction of sp³-hybridized carbons (Fsp3) is 0.273. The molecular weight excluding hydrogens is 284 g/mol. The molecule has 1 aromatic heterocycles. The highest BCUT2D eigenvalue weighted by molar-refractivity contribution is 8.00. The Labute approximate surface area is 118 Å². The van der Waals surface area contributed by atoms with Crippen molar-refractivity contribution in [1.29, 1.82) is 0 Å². The zero-order chi connectivity index (χ0) is 13.7. The molecule has 0 spiro atoms. The molecule has 0 aliphatic heterocycles. The first-order valence-corrected chi connectivity index (χ1v) is 7.47. The standard InChI is InChI=1S/C11H12N4O2S2/c1-2-12-10-4-3-9(15(16)17)5-8(10)6-18-11-14-13-7-19-11/h3-5,7,12H,2,6H2,1H3. The molecule has 0 fully saturated rings. The largest absolute Gasteiger partial charge is 0.385 e. The van der Waals surface area contributed by atoms with Gasteiger partial charge in [-0.15, -0.1) is 10.2 Å². The summed E-state index contributed by atoms with van der Waals surface area (Å²) >= 11 is 2.98. The van der Waals surface area contributed by atoms with Crippen LogP contribution in [0.1, 0.15) is 12.5 Å². The van der Waals surface area contributed by atoms with Crippen molar-refractivity contribution in [3.63, 3.8) is 0 Å². The maximum atomic E-state index is 10.8. The van der Waals surface area contributed by atoms with E-state index in [9.17, 15) is 10.1 Å². The fourth-order valence-corrected chi connectivity index (χ4v) is 3.02. The average Bonchev–Trinajstić information content (AvgIpc) is 2.90. The Morgan fingerprint density at radius 2 is 2.37 bits per heavy atom. The molecule has 1 aromatic carbocycles. The third-order valence-corrected chi connectivity index (χ3v) is 4.27. The second-order valence-electron chi connectivity index (χ2n) is 3.62. The van der Waals surface area contributed by atoms with Gasteiger partial charge >= 0.3 is 0 Å². The van der Waals surface area contributed by atoms with E-state index in [1.54, 1.807) is 17.6 Å². The van der Waals surface area contributed by atoms with E-state index < -0.39 is 0 Å². The van der Waals surface area contributed by atoms with Gasteiger partial charge in [0.1, 0.15) is 5.51 Å².